The predicted octanol–water partition coefficient (Wildman–Crippen LogP) is 6.15. The summed E-state index contributed by atoms with van der Waals surface area (Å²) < 4.78 is 5.45. The molecule has 2 N–H and O–H groups in total. The molecule has 0 unspecified atom stereocenters. The van der Waals surface area contributed by atoms with E-state index in [1.165, 1.54) is 21.9 Å². The lowest BCUT2D eigenvalue weighted by Crippen LogP contribution is -2.43. The molecule has 5 rings (SSSR count). The number of amides is 2. The van der Waals surface area contributed by atoms with Gasteiger partial charge in [0, 0.05) is 34.1 Å². The number of ether oxygens (including phenoxy) is 1. The number of nitrogens with one attached hydrogen (secondary N) is 2. The predicted molar refractivity (Wildman–Crippen MR) is 138 cm³/mol. The van der Waals surface area contributed by atoms with Crippen LogP contribution in [0, 0.1) is 0 Å². The van der Waals surface area contributed by atoms with Gasteiger partial charge in [-0.15, -0.1) is 11.3 Å². The summed E-state index contributed by atoms with van der Waals surface area (Å²) in [4.78, 5) is 35.2. The summed E-state index contributed by atoms with van der Waals surface area (Å²) in [6.07, 6.45) is 0.899. The Balaban J connectivity index is 1.23. The highest BCUT2D eigenvalue weighted by atomic mass is 32.1. The fourth-order valence-electron chi connectivity index (χ4n) is 4.34. The number of thiazole rings is 1. The Morgan fingerprint density at radius 3 is 2.83 bits per heavy atom. The molecule has 4 aromatic rings. The molecule has 1 aliphatic rings. The third-order valence-electron chi connectivity index (χ3n) is 6.29. The summed E-state index contributed by atoms with van der Waals surface area (Å²) in [6.45, 7) is 5.01. The second-order valence-corrected chi connectivity index (χ2v) is 9.96. The number of fused-ring (bicyclic) bond motifs is 1. The molecule has 3 heterocycles. The van der Waals surface area contributed by atoms with E-state index in [9.17, 15) is 9.59 Å². The van der Waals surface area contributed by atoms with E-state index in [0.717, 1.165) is 34.1 Å². The number of carbonyl (C=O) groups is 2. The molecule has 0 aliphatic carbocycles. The third kappa shape index (κ3) is 5.07. The average molecular weight is 489 g/mol. The van der Waals surface area contributed by atoms with Crippen molar-refractivity contribution in [3.05, 3.63) is 71.2 Å². The van der Waals surface area contributed by atoms with Gasteiger partial charge in [-0.1, -0.05) is 50.2 Å². The zero-order chi connectivity index (χ0) is 24.4. The maximum atomic E-state index is 13.0. The highest BCUT2D eigenvalue weighted by Crippen LogP contribution is 2.30. The molecule has 2 aromatic carbocycles. The maximum absolute atomic E-state index is 13.0. The first-order valence-electron chi connectivity index (χ1n) is 11.8. The van der Waals surface area contributed by atoms with E-state index in [0.29, 0.717) is 24.0 Å². The van der Waals surface area contributed by atoms with Crippen LogP contribution in [-0.4, -0.2) is 39.5 Å². The summed E-state index contributed by atoms with van der Waals surface area (Å²) in [5.74, 6) is 0.195. The first-order valence-corrected chi connectivity index (χ1v) is 12.7. The average Bonchev–Trinajstić information content (AvgIpc) is 3.62. The van der Waals surface area contributed by atoms with Crippen LogP contribution in [0.2, 0.25) is 0 Å². The molecular weight excluding hydrogens is 460 g/mol. The fraction of sp³-hybridized carbons (Fsp3) is 0.296. The molecular formula is C27H28N4O3S. The van der Waals surface area contributed by atoms with Crippen LogP contribution in [0.25, 0.3) is 22.2 Å². The number of aromatic amines is 1. The van der Waals surface area contributed by atoms with E-state index in [1.54, 1.807) is 0 Å². The Bertz CT molecular complexity index is 1340. The molecule has 7 nitrogen and oxygen atoms in total. The SMILES string of the molecule is CC(C)c1cc2cc(-c3csc(NC(=O)[C@@H]4CCCN4C(=O)OCc4ccccc4)n3)ccc2[nH]1. The highest BCUT2D eigenvalue weighted by molar-refractivity contribution is 7.14. The number of hydrogen-bond acceptors (Lipinski definition) is 5. The minimum Gasteiger partial charge on any atom is -0.445 e. The number of aromatic nitrogens is 2. The first-order chi connectivity index (χ1) is 17.0. The Hall–Kier alpha value is -3.65. The molecule has 0 saturated carbocycles. The standard InChI is InChI=1S/C27H28N4O3S/c1-17(2)22-14-20-13-19(10-11-21(20)28-22)23-16-35-26(29-23)30-25(32)24-9-6-12-31(24)27(33)34-15-18-7-4-3-5-8-18/h3-5,7-8,10-11,13-14,16-17,24,28H,6,9,12,15H2,1-2H3,(H,29,30,32)/t24-/m0/s1. The zero-order valence-corrected chi connectivity index (χ0v) is 20.6. The molecule has 180 valence electrons. The van der Waals surface area contributed by atoms with Gasteiger partial charge in [-0.05, 0) is 42.5 Å². The Morgan fingerprint density at radius 1 is 1.20 bits per heavy atom. The number of nitrogens with zero attached hydrogens (tertiary/aromatic N) is 2. The minimum atomic E-state index is -0.559. The van der Waals surface area contributed by atoms with Gasteiger partial charge in [-0.25, -0.2) is 9.78 Å². The van der Waals surface area contributed by atoms with E-state index in [4.69, 9.17) is 4.74 Å². The lowest BCUT2D eigenvalue weighted by Gasteiger charge is -2.22. The molecule has 0 bridgehead atoms. The number of benzene rings is 2. The first kappa shape index (κ1) is 23.1. The zero-order valence-electron chi connectivity index (χ0n) is 19.8. The molecule has 1 saturated heterocycles. The van der Waals surface area contributed by atoms with Crippen LogP contribution >= 0.6 is 11.3 Å². The second kappa shape index (κ2) is 9.92. The van der Waals surface area contributed by atoms with Crippen molar-refractivity contribution in [2.24, 2.45) is 0 Å². The lowest BCUT2D eigenvalue weighted by atomic mass is 10.1. The van der Waals surface area contributed by atoms with Crippen molar-refractivity contribution in [2.75, 3.05) is 11.9 Å². The van der Waals surface area contributed by atoms with E-state index in [1.807, 2.05) is 41.8 Å². The van der Waals surface area contributed by atoms with Crippen LogP contribution in [0.5, 0.6) is 0 Å². The molecule has 8 heteroatoms. The summed E-state index contributed by atoms with van der Waals surface area (Å²) in [6, 6.07) is 17.3. The maximum Gasteiger partial charge on any atom is 0.410 e. The smallest absolute Gasteiger partial charge is 0.410 e. The van der Waals surface area contributed by atoms with Crippen LogP contribution < -0.4 is 5.32 Å². The van der Waals surface area contributed by atoms with Crippen LogP contribution in [0.15, 0.2) is 60.0 Å². The van der Waals surface area contributed by atoms with Crippen LogP contribution in [0.4, 0.5) is 9.93 Å². The number of likely N-dealkylation sites (tertiary alicyclic amines) is 1. The van der Waals surface area contributed by atoms with E-state index in [2.05, 4.69) is 47.3 Å². The van der Waals surface area contributed by atoms with E-state index < -0.39 is 12.1 Å². The van der Waals surface area contributed by atoms with E-state index >= 15 is 0 Å². The Kier molecular flexibility index (Phi) is 6.55. The van der Waals surface area contributed by atoms with Gasteiger partial charge in [0.1, 0.15) is 12.6 Å². The van der Waals surface area contributed by atoms with Crippen LogP contribution in [0.1, 0.15) is 43.9 Å². The minimum absolute atomic E-state index is 0.185. The molecule has 0 radical (unpaired) electrons. The van der Waals surface area contributed by atoms with Crippen molar-refractivity contribution in [3.8, 4) is 11.3 Å². The molecule has 1 atom stereocenters. The number of carbonyl (C=O) groups excluding carboxylic acids is 2. The summed E-state index contributed by atoms with van der Waals surface area (Å²) in [5.41, 5.74) is 5.02. The molecule has 2 aromatic heterocycles. The van der Waals surface area contributed by atoms with Crippen molar-refractivity contribution >= 4 is 39.4 Å². The Labute approximate surface area is 208 Å². The van der Waals surface area contributed by atoms with Crippen molar-refractivity contribution in [3.63, 3.8) is 0 Å². The molecule has 1 fully saturated rings. The van der Waals surface area contributed by atoms with Gasteiger partial charge in [0.2, 0.25) is 5.91 Å². The number of hydrogen-bond donors (Lipinski definition) is 2. The second-order valence-electron chi connectivity index (χ2n) is 9.10. The molecule has 1 aliphatic heterocycles. The lowest BCUT2D eigenvalue weighted by molar-refractivity contribution is -0.120. The van der Waals surface area contributed by atoms with Gasteiger partial charge < -0.3 is 15.0 Å². The van der Waals surface area contributed by atoms with Gasteiger partial charge in [0.25, 0.3) is 0 Å². The quantitative estimate of drug-likeness (QED) is 0.341. The fourth-order valence-corrected chi connectivity index (χ4v) is 5.06. The van der Waals surface area contributed by atoms with Gasteiger partial charge in [-0.2, -0.15) is 0 Å². The topological polar surface area (TPSA) is 87.3 Å². The van der Waals surface area contributed by atoms with E-state index in [-0.39, 0.29) is 12.5 Å². The Morgan fingerprint density at radius 2 is 2.03 bits per heavy atom. The van der Waals surface area contributed by atoms with Crippen LogP contribution in [0.3, 0.4) is 0 Å². The number of anilines is 1. The largest absolute Gasteiger partial charge is 0.445 e. The number of H-pyrrole nitrogens is 1. The normalized spacial score (nSPS) is 15.6. The van der Waals surface area contributed by atoms with Gasteiger partial charge in [-0.3, -0.25) is 9.69 Å². The monoisotopic (exact) mass is 488 g/mol. The molecule has 0 spiro atoms. The van der Waals surface area contributed by atoms with Gasteiger partial charge >= 0.3 is 6.09 Å². The molecule has 2 amide bonds. The highest BCUT2D eigenvalue weighted by Gasteiger charge is 2.35. The van der Waals surface area contributed by atoms with Crippen LogP contribution in [-0.2, 0) is 16.1 Å². The summed E-state index contributed by atoms with van der Waals surface area (Å²) >= 11 is 1.38. The van der Waals surface area contributed by atoms with Crippen molar-refractivity contribution < 1.29 is 14.3 Å². The summed E-state index contributed by atoms with van der Waals surface area (Å²) in [5, 5.41) is 6.50. The van der Waals surface area contributed by atoms with Gasteiger partial charge in [0.15, 0.2) is 5.13 Å². The van der Waals surface area contributed by atoms with Crippen molar-refractivity contribution in [1.82, 2.24) is 14.9 Å². The molecule has 35 heavy (non-hydrogen) atoms. The van der Waals surface area contributed by atoms with Crippen molar-refractivity contribution in [2.45, 2.75) is 45.3 Å². The van der Waals surface area contributed by atoms with Crippen molar-refractivity contribution in [1.29, 1.82) is 0 Å². The summed E-state index contributed by atoms with van der Waals surface area (Å²) in [7, 11) is 0. The third-order valence-corrected chi connectivity index (χ3v) is 7.05. The van der Waals surface area contributed by atoms with Gasteiger partial charge in [0.05, 0.1) is 5.69 Å². The number of rotatable bonds is 6.